The number of aryl methyl sites for hydroxylation is 2. The Kier molecular flexibility index (Phi) is 4.69. The molecule has 1 fully saturated rings. The number of nitrogens with one attached hydrogen (secondary N) is 1. The molecule has 29 heavy (non-hydrogen) atoms. The van der Waals surface area contributed by atoms with E-state index in [0.29, 0.717) is 23.0 Å². The van der Waals surface area contributed by atoms with Crippen molar-refractivity contribution in [3.05, 3.63) is 44.7 Å². The van der Waals surface area contributed by atoms with Gasteiger partial charge in [-0.05, 0) is 61.6 Å². The van der Waals surface area contributed by atoms with Crippen LogP contribution in [0, 0.1) is 11.8 Å². The van der Waals surface area contributed by atoms with Gasteiger partial charge in [-0.2, -0.15) is 0 Å². The van der Waals surface area contributed by atoms with Gasteiger partial charge in [0.05, 0.1) is 10.9 Å². The normalized spacial score (nSPS) is 24.6. The third-order valence-corrected chi connectivity index (χ3v) is 8.21. The molecule has 0 bridgehead atoms. The van der Waals surface area contributed by atoms with Crippen molar-refractivity contribution in [2.75, 3.05) is 0 Å². The minimum absolute atomic E-state index is 0.0429. The summed E-state index contributed by atoms with van der Waals surface area (Å²) in [6.45, 7) is 4.48. The minimum Gasteiger partial charge on any atom is -0.349 e. The first-order valence-corrected chi connectivity index (χ1v) is 11.6. The fourth-order valence-corrected chi connectivity index (χ4v) is 6.31. The van der Waals surface area contributed by atoms with Crippen LogP contribution in [0.4, 0.5) is 0 Å². The topological polar surface area (TPSA) is 63.5 Å². The summed E-state index contributed by atoms with van der Waals surface area (Å²) in [7, 11) is 0. The summed E-state index contributed by atoms with van der Waals surface area (Å²) in [5.41, 5.74) is 2.10. The molecule has 3 heterocycles. The van der Waals surface area contributed by atoms with E-state index in [-0.39, 0.29) is 17.5 Å². The Bertz CT molecular complexity index is 1160. The van der Waals surface area contributed by atoms with E-state index in [4.69, 9.17) is 4.98 Å². The Morgan fingerprint density at radius 2 is 2.03 bits per heavy atom. The van der Waals surface area contributed by atoms with Gasteiger partial charge in [0.15, 0.2) is 5.65 Å². The molecule has 2 aliphatic rings. The highest BCUT2D eigenvalue weighted by Crippen LogP contribution is 2.34. The zero-order chi connectivity index (χ0) is 20.1. The van der Waals surface area contributed by atoms with Gasteiger partial charge in [-0.1, -0.05) is 26.7 Å². The van der Waals surface area contributed by atoms with E-state index in [9.17, 15) is 9.59 Å². The van der Waals surface area contributed by atoms with Crippen LogP contribution in [0.5, 0.6) is 0 Å². The van der Waals surface area contributed by atoms with E-state index < -0.39 is 0 Å². The average molecular weight is 410 g/mol. The quantitative estimate of drug-likeness (QED) is 0.685. The van der Waals surface area contributed by atoms with Crippen molar-refractivity contribution in [2.45, 2.75) is 64.8 Å². The van der Waals surface area contributed by atoms with Crippen molar-refractivity contribution in [2.24, 2.45) is 11.8 Å². The molecule has 1 amide bonds. The molecular formula is C23H27N3O2S. The number of hydrogen-bond donors (Lipinski definition) is 1. The lowest BCUT2D eigenvalue weighted by atomic mass is 9.78. The van der Waals surface area contributed by atoms with E-state index in [1.54, 1.807) is 34.1 Å². The second-order valence-electron chi connectivity index (χ2n) is 8.77. The predicted octanol–water partition coefficient (Wildman–Crippen LogP) is 4.34. The second kappa shape index (κ2) is 7.24. The molecule has 5 nitrogen and oxygen atoms in total. The molecule has 0 saturated heterocycles. The SMILES string of the molecule is CC1CCCC(NC(=O)c2cccn3c(=O)c4c5c(sc4nc23)CCCC5)C1C. The Morgan fingerprint density at radius 1 is 1.21 bits per heavy atom. The van der Waals surface area contributed by atoms with Gasteiger partial charge in [-0.3, -0.25) is 14.0 Å². The van der Waals surface area contributed by atoms with Crippen LogP contribution in [0.25, 0.3) is 15.9 Å². The van der Waals surface area contributed by atoms with E-state index in [0.717, 1.165) is 42.3 Å². The first-order chi connectivity index (χ1) is 14.0. The number of amides is 1. The van der Waals surface area contributed by atoms with Gasteiger partial charge in [-0.25, -0.2) is 4.98 Å². The molecule has 1 N–H and O–H groups in total. The third kappa shape index (κ3) is 3.08. The first kappa shape index (κ1) is 18.8. The van der Waals surface area contributed by atoms with Crippen LogP contribution < -0.4 is 10.9 Å². The molecule has 6 heteroatoms. The molecule has 3 aromatic heterocycles. The van der Waals surface area contributed by atoms with Gasteiger partial charge >= 0.3 is 0 Å². The van der Waals surface area contributed by atoms with E-state index >= 15 is 0 Å². The van der Waals surface area contributed by atoms with Crippen LogP contribution in [0.15, 0.2) is 23.1 Å². The highest BCUT2D eigenvalue weighted by atomic mass is 32.1. The number of carbonyl (C=O) groups is 1. The smallest absolute Gasteiger partial charge is 0.266 e. The van der Waals surface area contributed by atoms with Crippen molar-refractivity contribution in [3.8, 4) is 0 Å². The standard InChI is InChI=1S/C23H27N3O2S/c1-13-7-5-10-17(14(13)2)24-21(27)16-9-6-12-26-20(16)25-22-19(23(26)28)15-8-3-4-11-18(15)29-22/h6,9,12-14,17H,3-5,7-8,10-11H2,1-2H3,(H,24,27). The molecule has 3 aromatic rings. The maximum atomic E-state index is 13.3. The van der Waals surface area contributed by atoms with Gasteiger partial charge in [0, 0.05) is 17.1 Å². The Hall–Kier alpha value is -2.21. The van der Waals surface area contributed by atoms with E-state index in [1.807, 2.05) is 0 Å². The highest BCUT2D eigenvalue weighted by Gasteiger charge is 2.29. The Morgan fingerprint density at radius 3 is 2.90 bits per heavy atom. The van der Waals surface area contributed by atoms with Gasteiger partial charge in [0.1, 0.15) is 4.83 Å². The molecule has 0 aliphatic heterocycles. The van der Waals surface area contributed by atoms with Gasteiger partial charge in [-0.15, -0.1) is 11.3 Å². The van der Waals surface area contributed by atoms with Crippen molar-refractivity contribution in [1.29, 1.82) is 0 Å². The van der Waals surface area contributed by atoms with E-state index in [1.165, 1.54) is 23.3 Å². The maximum absolute atomic E-state index is 13.3. The number of nitrogens with zero attached hydrogens (tertiary/aromatic N) is 2. The third-order valence-electron chi connectivity index (χ3n) is 7.03. The molecule has 0 radical (unpaired) electrons. The lowest BCUT2D eigenvalue weighted by Gasteiger charge is -2.34. The van der Waals surface area contributed by atoms with Crippen LogP contribution in [0.3, 0.4) is 0 Å². The number of aromatic nitrogens is 2. The number of hydrogen-bond acceptors (Lipinski definition) is 4. The summed E-state index contributed by atoms with van der Waals surface area (Å²) in [6, 6.07) is 3.74. The summed E-state index contributed by atoms with van der Waals surface area (Å²) in [5.74, 6) is 0.940. The molecular weight excluding hydrogens is 382 g/mol. The number of rotatable bonds is 2. The maximum Gasteiger partial charge on any atom is 0.266 e. The largest absolute Gasteiger partial charge is 0.349 e. The van der Waals surface area contributed by atoms with Crippen molar-refractivity contribution in [3.63, 3.8) is 0 Å². The highest BCUT2D eigenvalue weighted by molar-refractivity contribution is 7.18. The number of pyridine rings is 1. The summed E-state index contributed by atoms with van der Waals surface area (Å²) in [6.07, 6.45) is 9.40. The van der Waals surface area contributed by atoms with Crippen molar-refractivity contribution < 1.29 is 4.79 Å². The zero-order valence-corrected chi connectivity index (χ0v) is 17.8. The van der Waals surface area contributed by atoms with Gasteiger partial charge < -0.3 is 5.32 Å². The molecule has 5 rings (SSSR count). The predicted molar refractivity (Wildman–Crippen MR) is 117 cm³/mol. The summed E-state index contributed by atoms with van der Waals surface area (Å²) in [4.78, 5) is 33.3. The number of fused-ring (bicyclic) bond motifs is 4. The summed E-state index contributed by atoms with van der Waals surface area (Å²) >= 11 is 1.63. The lowest BCUT2D eigenvalue weighted by Crippen LogP contribution is -2.43. The fraction of sp³-hybridized carbons (Fsp3) is 0.522. The Balaban J connectivity index is 1.59. The lowest BCUT2D eigenvalue weighted by molar-refractivity contribution is 0.0892. The van der Waals surface area contributed by atoms with Crippen molar-refractivity contribution in [1.82, 2.24) is 14.7 Å². The molecule has 0 aromatic carbocycles. The van der Waals surface area contributed by atoms with Crippen molar-refractivity contribution >= 4 is 33.1 Å². The number of thiophene rings is 1. The summed E-state index contributed by atoms with van der Waals surface area (Å²) < 4.78 is 1.56. The second-order valence-corrected chi connectivity index (χ2v) is 9.85. The average Bonchev–Trinajstić information content (AvgIpc) is 3.10. The summed E-state index contributed by atoms with van der Waals surface area (Å²) in [5, 5.41) is 3.99. The monoisotopic (exact) mass is 409 g/mol. The fourth-order valence-electron chi connectivity index (χ4n) is 5.05. The molecule has 3 unspecified atom stereocenters. The number of carbonyl (C=O) groups excluding carboxylic acids is 1. The molecule has 3 atom stereocenters. The van der Waals surface area contributed by atoms with Crippen LogP contribution in [0.2, 0.25) is 0 Å². The molecule has 0 spiro atoms. The molecule has 2 aliphatic carbocycles. The molecule has 152 valence electrons. The van der Waals surface area contributed by atoms with E-state index in [2.05, 4.69) is 19.2 Å². The van der Waals surface area contributed by atoms with Gasteiger partial charge in [0.25, 0.3) is 11.5 Å². The molecule has 1 saturated carbocycles. The van der Waals surface area contributed by atoms with Gasteiger partial charge in [0.2, 0.25) is 0 Å². The first-order valence-electron chi connectivity index (χ1n) is 10.8. The van der Waals surface area contributed by atoms with Crippen LogP contribution in [0.1, 0.15) is 66.8 Å². The van der Waals surface area contributed by atoms with Crippen LogP contribution >= 0.6 is 11.3 Å². The zero-order valence-electron chi connectivity index (χ0n) is 17.0. The Labute approximate surface area is 174 Å². The van der Waals surface area contributed by atoms with Crippen LogP contribution in [-0.2, 0) is 12.8 Å². The van der Waals surface area contributed by atoms with Crippen LogP contribution in [-0.4, -0.2) is 21.3 Å². The minimum atomic E-state index is -0.124.